The number of hydrogen-bond acceptors (Lipinski definition) is 4. The minimum atomic E-state index is -3.45. The minimum Gasteiger partial charge on any atom is -0.492 e. The average Bonchev–Trinajstić information content (AvgIpc) is 3.21. The van der Waals surface area contributed by atoms with E-state index in [0.717, 1.165) is 25.1 Å². The average molecular weight is 392 g/mol. The van der Waals surface area contributed by atoms with Crippen LogP contribution < -0.4 is 9.46 Å². The van der Waals surface area contributed by atoms with E-state index in [0.29, 0.717) is 12.4 Å². The maximum Gasteiger partial charge on any atom is 0.240 e. The fraction of sp³-hybridized carbons (Fsp3) is 0.400. The molecule has 2 aromatic carbocycles. The van der Waals surface area contributed by atoms with E-state index in [-0.39, 0.29) is 16.8 Å². The van der Waals surface area contributed by atoms with E-state index in [1.54, 1.807) is 12.1 Å². The van der Waals surface area contributed by atoms with Crippen molar-refractivity contribution in [1.29, 1.82) is 0 Å². The van der Waals surface area contributed by atoms with Gasteiger partial charge in [0.05, 0.1) is 4.90 Å². The number of rotatable bonds is 8. The molecule has 7 heteroatoms. The van der Waals surface area contributed by atoms with Gasteiger partial charge in [-0.05, 0) is 81.4 Å². The lowest BCUT2D eigenvalue weighted by atomic mass is 10.1. The van der Waals surface area contributed by atoms with Crippen LogP contribution in [0.5, 0.6) is 5.75 Å². The van der Waals surface area contributed by atoms with Gasteiger partial charge in [0.25, 0.3) is 0 Å². The molecule has 1 aliphatic heterocycles. The summed E-state index contributed by atoms with van der Waals surface area (Å²) >= 11 is 0. The molecule has 1 fully saturated rings. The van der Waals surface area contributed by atoms with Crippen LogP contribution in [0.4, 0.5) is 4.39 Å². The summed E-state index contributed by atoms with van der Waals surface area (Å²) in [7, 11) is -2.06. The number of nitrogens with zero attached hydrogens (tertiary/aromatic N) is 1. The Hall–Kier alpha value is -1.96. The summed E-state index contributed by atoms with van der Waals surface area (Å²) in [4.78, 5) is 2.61. The number of benzene rings is 2. The molecule has 1 saturated heterocycles. The van der Waals surface area contributed by atoms with Gasteiger partial charge in [0.15, 0.2) is 0 Å². The number of sulfonamides is 1. The number of halogens is 1. The Kier molecular flexibility index (Phi) is 6.46. The van der Waals surface area contributed by atoms with Gasteiger partial charge in [0.2, 0.25) is 10.0 Å². The molecule has 5 nitrogen and oxygen atoms in total. The number of hydrogen-bond donors (Lipinski definition) is 1. The van der Waals surface area contributed by atoms with Crippen molar-refractivity contribution in [2.75, 3.05) is 26.7 Å². The summed E-state index contributed by atoms with van der Waals surface area (Å²) in [6.07, 6.45) is 3.14. The van der Waals surface area contributed by atoms with Crippen LogP contribution >= 0.6 is 0 Å². The molecule has 0 bridgehead atoms. The van der Waals surface area contributed by atoms with E-state index in [4.69, 9.17) is 4.74 Å². The minimum absolute atomic E-state index is 0.193. The van der Waals surface area contributed by atoms with Crippen molar-refractivity contribution in [2.24, 2.45) is 0 Å². The molecule has 3 rings (SSSR count). The summed E-state index contributed by atoms with van der Waals surface area (Å²) in [5.74, 6) is 0.401. The van der Waals surface area contributed by atoms with Gasteiger partial charge in [-0.25, -0.2) is 17.5 Å². The molecule has 1 atom stereocenters. The Morgan fingerprint density at radius 3 is 2.30 bits per heavy atom. The highest BCUT2D eigenvalue weighted by atomic mass is 32.2. The van der Waals surface area contributed by atoms with Gasteiger partial charge in [-0.3, -0.25) is 4.90 Å². The standard InChI is InChI=1S/C20H25FN2O3S/c1-22-27(24,25)20-10-8-19(9-11-20)26-15-18(23-12-2-3-13-23)14-16-4-6-17(21)7-5-16/h4-11,18,22H,2-3,12-15H2,1H3. The van der Waals surface area contributed by atoms with Crippen molar-refractivity contribution in [3.63, 3.8) is 0 Å². The van der Waals surface area contributed by atoms with Crippen LogP contribution in [-0.4, -0.2) is 46.1 Å². The molecule has 0 aliphatic carbocycles. The van der Waals surface area contributed by atoms with Crippen molar-refractivity contribution in [3.8, 4) is 5.75 Å². The zero-order chi connectivity index (χ0) is 19.3. The maximum absolute atomic E-state index is 13.2. The van der Waals surface area contributed by atoms with Crippen LogP contribution in [0.15, 0.2) is 53.4 Å². The first-order chi connectivity index (χ1) is 13.0. The van der Waals surface area contributed by atoms with Crippen LogP contribution in [0.3, 0.4) is 0 Å². The first-order valence-electron chi connectivity index (χ1n) is 9.13. The molecular weight excluding hydrogens is 367 g/mol. The molecular formula is C20H25FN2O3S. The zero-order valence-electron chi connectivity index (χ0n) is 15.4. The quantitative estimate of drug-likeness (QED) is 0.751. The third-order valence-electron chi connectivity index (χ3n) is 4.89. The Bertz CT molecular complexity index is 833. The summed E-state index contributed by atoms with van der Waals surface area (Å²) < 4.78 is 45.0. The zero-order valence-corrected chi connectivity index (χ0v) is 16.2. The Balaban J connectivity index is 1.66. The molecule has 0 spiro atoms. The summed E-state index contributed by atoms with van der Waals surface area (Å²) in [6, 6.07) is 13.2. The van der Waals surface area contributed by atoms with E-state index >= 15 is 0 Å². The van der Waals surface area contributed by atoms with E-state index < -0.39 is 10.0 Å². The molecule has 146 valence electrons. The van der Waals surface area contributed by atoms with E-state index in [9.17, 15) is 12.8 Å². The second-order valence-electron chi connectivity index (χ2n) is 6.72. The van der Waals surface area contributed by atoms with Crippen molar-refractivity contribution < 1.29 is 17.5 Å². The number of nitrogens with one attached hydrogen (secondary N) is 1. The molecule has 2 aromatic rings. The SMILES string of the molecule is CNS(=O)(=O)c1ccc(OCC(Cc2ccc(F)cc2)N2CCCC2)cc1. The third kappa shape index (κ3) is 5.28. The Morgan fingerprint density at radius 2 is 1.70 bits per heavy atom. The van der Waals surface area contributed by atoms with Crippen LogP contribution in [0, 0.1) is 5.82 Å². The largest absolute Gasteiger partial charge is 0.492 e. The molecule has 0 amide bonds. The second-order valence-corrected chi connectivity index (χ2v) is 8.60. The molecule has 0 radical (unpaired) electrons. The normalized spacial score (nSPS) is 16.4. The van der Waals surface area contributed by atoms with E-state index in [1.165, 1.54) is 44.2 Å². The molecule has 1 aliphatic rings. The van der Waals surface area contributed by atoms with Crippen LogP contribution in [-0.2, 0) is 16.4 Å². The molecule has 1 N–H and O–H groups in total. The van der Waals surface area contributed by atoms with Crippen molar-refractivity contribution >= 4 is 10.0 Å². The maximum atomic E-state index is 13.2. The van der Waals surface area contributed by atoms with Gasteiger partial charge < -0.3 is 4.74 Å². The fourth-order valence-electron chi connectivity index (χ4n) is 3.32. The highest BCUT2D eigenvalue weighted by Crippen LogP contribution is 2.20. The summed E-state index contributed by atoms with van der Waals surface area (Å²) in [5.41, 5.74) is 1.08. The first-order valence-corrected chi connectivity index (χ1v) is 10.6. The van der Waals surface area contributed by atoms with Gasteiger partial charge in [0, 0.05) is 6.04 Å². The van der Waals surface area contributed by atoms with Gasteiger partial charge in [-0.1, -0.05) is 12.1 Å². The van der Waals surface area contributed by atoms with Gasteiger partial charge in [0.1, 0.15) is 18.2 Å². The monoisotopic (exact) mass is 392 g/mol. The molecule has 0 saturated carbocycles. The number of likely N-dealkylation sites (tertiary alicyclic amines) is 1. The predicted octanol–water partition coefficient (Wildman–Crippen LogP) is 2.82. The van der Waals surface area contributed by atoms with Crippen LogP contribution in [0.25, 0.3) is 0 Å². The molecule has 0 aromatic heterocycles. The summed E-state index contributed by atoms with van der Waals surface area (Å²) in [5, 5.41) is 0. The highest BCUT2D eigenvalue weighted by Gasteiger charge is 2.23. The molecule has 27 heavy (non-hydrogen) atoms. The number of ether oxygens (including phenoxy) is 1. The van der Waals surface area contributed by atoms with E-state index in [1.807, 2.05) is 12.1 Å². The molecule has 1 unspecified atom stereocenters. The molecule has 1 heterocycles. The fourth-order valence-corrected chi connectivity index (χ4v) is 4.05. The van der Waals surface area contributed by atoms with Crippen molar-refractivity contribution in [2.45, 2.75) is 30.2 Å². The van der Waals surface area contributed by atoms with Crippen LogP contribution in [0.1, 0.15) is 18.4 Å². The lowest BCUT2D eigenvalue weighted by Gasteiger charge is -2.27. The lowest BCUT2D eigenvalue weighted by molar-refractivity contribution is 0.159. The Morgan fingerprint density at radius 1 is 1.07 bits per heavy atom. The third-order valence-corrected chi connectivity index (χ3v) is 6.32. The first kappa shape index (κ1) is 19.8. The van der Waals surface area contributed by atoms with Gasteiger partial charge >= 0.3 is 0 Å². The Labute approximate surface area is 160 Å². The highest BCUT2D eigenvalue weighted by molar-refractivity contribution is 7.89. The predicted molar refractivity (Wildman–Crippen MR) is 103 cm³/mol. The summed E-state index contributed by atoms with van der Waals surface area (Å²) in [6.45, 7) is 2.57. The van der Waals surface area contributed by atoms with Crippen molar-refractivity contribution in [1.82, 2.24) is 9.62 Å². The van der Waals surface area contributed by atoms with Crippen LogP contribution in [0.2, 0.25) is 0 Å². The smallest absolute Gasteiger partial charge is 0.240 e. The van der Waals surface area contributed by atoms with Gasteiger partial charge in [-0.15, -0.1) is 0 Å². The van der Waals surface area contributed by atoms with Gasteiger partial charge in [-0.2, -0.15) is 0 Å². The van der Waals surface area contributed by atoms with E-state index in [2.05, 4.69) is 9.62 Å². The second kappa shape index (κ2) is 8.82. The lowest BCUT2D eigenvalue weighted by Crippen LogP contribution is -2.39. The van der Waals surface area contributed by atoms with Crippen molar-refractivity contribution in [3.05, 3.63) is 59.9 Å². The topological polar surface area (TPSA) is 58.6 Å².